The predicted octanol–water partition coefficient (Wildman–Crippen LogP) is 3.09. The van der Waals surface area contributed by atoms with Gasteiger partial charge in [-0.2, -0.15) is 5.10 Å². The fourth-order valence-electron chi connectivity index (χ4n) is 4.24. The van der Waals surface area contributed by atoms with Crippen LogP contribution in [0.2, 0.25) is 0 Å². The summed E-state index contributed by atoms with van der Waals surface area (Å²) in [6.07, 6.45) is 2.17. The molecule has 5 rings (SSSR count). The first-order valence-corrected chi connectivity index (χ1v) is 12.6. The summed E-state index contributed by atoms with van der Waals surface area (Å²) < 4.78 is 25.9. The second-order valence-corrected chi connectivity index (χ2v) is 10.4. The summed E-state index contributed by atoms with van der Waals surface area (Å²) in [7, 11) is -3.11. The third-order valence-electron chi connectivity index (χ3n) is 5.86. The van der Waals surface area contributed by atoms with Gasteiger partial charge in [0.15, 0.2) is 15.5 Å². The molecule has 9 heteroatoms. The Morgan fingerprint density at radius 1 is 1.15 bits per heavy atom. The molecule has 1 aliphatic rings. The Bertz CT molecular complexity index is 1430. The van der Waals surface area contributed by atoms with Gasteiger partial charge in [0, 0.05) is 11.8 Å². The number of hydrogen-bond donors (Lipinski definition) is 1. The van der Waals surface area contributed by atoms with Gasteiger partial charge >= 0.3 is 0 Å². The van der Waals surface area contributed by atoms with Crippen LogP contribution in [-0.2, 0) is 16.4 Å². The number of aromatic nitrogens is 4. The molecule has 1 aromatic carbocycles. The molecule has 1 N–H and O–H groups in total. The zero-order valence-electron chi connectivity index (χ0n) is 18.1. The molecule has 1 amide bonds. The van der Waals surface area contributed by atoms with Gasteiger partial charge in [0.1, 0.15) is 0 Å². The lowest BCUT2D eigenvalue weighted by molar-refractivity contribution is 0.0952. The van der Waals surface area contributed by atoms with Crippen LogP contribution in [0.4, 0.5) is 0 Å². The van der Waals surface area contributed by atoms with Crippen LogP contribution in [0.15, 0.2) is 60.8 Å². The SMILES string of the molecule is Cc1nn([C@@H]2CCS(=O)(=O)C2)c2nc(-c3ccccc3)cc(C(=O)NCc3ccccn3)c12. The molecular formula is C24H23N5O3S. The van der Waals surface area contributed by atoms with Gasteiger partial charge in [-0.15, -0.1) is 0 Å². The standard InChI is InChI=1S/C24H23N5O3S/c1-16-22-20(24(30)26-14-18-9-5-6-11-25-18)13-21(17-7-3-2-4-8-17)27-23(22)29(28-16)19-10-12-33(31,32)15-19/h2-9,11,13,19H,10,12,14-15H2,1H3,(H,26,30)/t19-/m1/s1. The minimum absolute atomic E-state index is 0.0294. The lowest BCUT2D eigenvalue weighted by Crippen LogP contribution is -2.24. The van der Waals surface area contributed by atoms with Gasteiger partial charge in [-0.25, -0.2) is 18.1 Å². The maximum absolute atomic E-state index is 13.3. The molecule has 0 unspecified atom stereocenters. The van der Waals surface area contributed by atoms with Gasteiger partial charge in [0.05, 0.1) is 52.1 Å². The van der Waals surface area contributed by atoms with Gasteiger partial charge in [-0.3, -0.25) is 9.78 Å². The minimum Gasteiger partial charge on any atom is -0.346 e. The van der Waals surface area contributed by atoms with Crippen LogP contribution in [0.1, 0.15) is 34.2 Å². The van der Waals surface area contributed by atoms with E-state index in [4.69, 9.17) is 4.98 Å². The van der Waals surface area contributed by atoms with E-state index >= 15 is 0 Å². The van der Waals surface area contributed by atoms with Crippen molar-refractivity contribution in [3.63, 3.8) is 0 Å². The number of hydrogen-bond acceptors (Lipinski definition) is 6. The molecule has 0 aliphatic carbocycles. The van der Waals surface area contributed by atoms with E-state index in [-0.39, 0.29) is 30.0 Å². The molecule has 1 atom stereocenters. The molecule has 1 aliphatic heterocycles. The monoisotopic (exact) mass is 461 g/mol. The van der Waals surface area contributed by atoms with Gasteiger partial charge in [0.2, 0.25) is 0 Å². The number of benzene rings is 1. The Balaban J connectivity index is 1.61. The summed E-state index contributed by atoms with van der Waals surface area (Å²) in [6.45, 7) is 2.11. The molecule has 0 radical (unpaired) electrons. The van der Waals surface area contributed by atoms with Crippen molar-refractivity contribution >= 4 is 26.8 Å². The highest BCUT2D eigenvalue weighted by Crippen LogP contribution is 2.32. The highest BCUT2D eigenvalue weighted by atomic mass is 32.2. The number of aryl methyl sites for hydroxylation is 1. The number of amides is 1. The summed E-state index contributed by atoms with van der Waals surface area (Å²) in [6, 6.07) is 16.6. The lowest BCUT2D eigenvalue weighted by Gasteiger charge is -2.12. The van der Waals surface area contributed by atoms with Crippen LogP contribution in [0.25, 0.3) is 22.3 Å². The van der Waals surface area contributed by atoms with Crippen molar-refractivity contribution in [1.82, 2.24) is 25.1 Å². The van der Waals surface area contributed by atoms with E-state index in [1.165, 1.54) is 0 Å². The molecule has 1 saturated heterocycles. The van der Waals surface area contributed by atoms with Crippen molar-refractivity contribution < 1.29 is 13.2 Å². The number of sulfone groups is 1. The topological polar surface area (TPSA) is 107 Å². The van der Waals surface area contributed by atoms with Crippen molar-refractivity contribution in [2.24, 2.45) is 0 Å². The van der Waals surface area contributed by atoms with E-state index in [0.717, 1.165) is 11.3 Å². The first-order valence-electron chi connectivity index (χ1n) is 10.7. The van der Waals surface area contributed by atoms with Crippen molar-refractivity contribution in [2.45, 2.75) is 25.9 Å². The molecule has 33 heavy (non-hydrogen) atoms. The van der Waals surface area contributed by atoms with Crippen molar-refractivity contribution in [3.8, 4) is 11.3 Å². The van der Waals surface area contributed by atoms with Crippen LogP contribution < -0.4 is 5.32 Å². The molecule has 8 nitrogen and oxygen atoms in total. The summed E-state index contributed by atoms with van der Waals surface area (Å²) >= 11 is 0. The van der Waals surface area contributed by atoms with E-state index in [1.54, 1.807) is 16.9 Å². The smallest absolute Gasteiger partial charge is 0.252 e. The zero-order valence-corrected chi connectivity index (χ0v) is 18.9. The number of fused-ring (bicyclic) bond motifs is 1. The first-order chi connectivity index (χ1) is 15.9. The second kappa shape index (κ2) is 8.40. The van der Waals surface area contributed by atoms with Crippen LogP contribution in [0, 0.1) is 6.92 Å². The van der Waals surface area contributed by atoms with Crippen LogP contribution in [-0.4, -0.2) is 45.6 Å². The largest absolute Gasteiger partial charge is 0.346 e. The second-order valence-electron chi connectivity index (χ2n) is 8.21. The van der Waals surface area contributed by atoms with E-state index in [9.17, 15) is 13.2 Å². The van der Waals surface area contributed by atoms with E-state index < -0.39 is 9.84 Å². The number of pyridine rings is 2. The van der Waals surface area contributed by atoms with Gasteiger partial charge < -0.3 is 5.32 Å². The Labute approximate surface area is 191 Å². The average Bonchev–Trinajstić information content (AvgIpc) is 3.36. The van der Waals surface area contributed by atoms with Crippen LogP contribution in [0.5, 0.6) is 0 Å². The zero-order chi connectivity index (χ0) is 23.0. The maximum atomic E-state index is 13.3. The molecule has 4 heterocycles. The van der Waals surface area contributed by atoms with Crippen molar-refractivity contribution in [1.29, 1.82) is 0 Å². The van der Waals surface area contributed by atoms with E-state index in [2.05, 4.69) is 15.4 Å². The average molecular weight is 462 g/mol. The quantitative estimate of drug-likeness (QED) is 0.489. The fraction of sp³-hybridized carbons (Fsp3) is 0.250. The Morgan fingerprint density at radius 3 is 2.64 bits per heavy atom. The van der Waals surface area contributed by atoms with Crippen LogP contribution >= 0.6 is 0 Å². The molecule has 3 aromatic heterocycles. The van der Waals surface area contributed by atoms with Crippen LogP contribution in [0.3, 0.4) is 0 Å². The van der Waals surface area contributed by atoms with Gasteiger partial charge in [0.25, 0.3) is 5.91 Å². The highest BCUT2D eigenvalue weighted by Gasteiger charge is 2.32. The molecule has 1 fully saturated rings. The summed E-state index contributed by atoms with van der Waals surface area (Å²) in [4.78, 5) is 22.4. The molecule has 168 valence electrons. The number of nitrogens with zero attached hydrogens (tertiary/aromatic N) is 4. The molecule has 4 aromatic rings. The maximum Gasteiger partial charge on any atom is 0.252 e. The molecule has 0 bridgehead atoms. The van der Waals surface area contributed by atoms with E-state index in [0.29, 0.717) is 34.4 Å². The highest BCUT2D eigenvalue weighted by molar-refractivity contribution is 7.91. The van der Waals surface area contributed by atoms with Crippen molar-refractivity contribution in [2.75, 3.05) is 11.5 Å². The number of carbonyl (C=O) groups excluding carboxylic acids is 1. The first kappa shape index (κ1) is 21.3. The summed E-state index contributed by atoms with van der Waals surface area (Å²) in [5, 5.41) is 8.21. The molecule has 0 spiro atoms. The predicted molar refractivity (Wildman–Crippen MR) is 125 cm³/mol. The third kappa shape index (κ3) is 4.23. The molecular weight excluding hydrogens is 438 g/mol. The number of nitrogens with one attached hydrogen (secondary N) is 1. The lowest BCUT2D eigenvalue weighted by atomic mass is 10.0. The van der Waals surface area contributed by atoms with Crippen molar-refractivity contribution in [3.05, 3.63) is 77.7 Å². The summed E-state index contributed by atoms with van der Waals surface area (Å²) in [5.74, 6) is -0.0952. The normalized spacial score (nSPS) is 17.3. The van der Waals surface area contributed by atoms with Gasteiger partial charge in [-0.1, -0.05) is 36.4 Å². The summed E-state index contributed by atoms with van der Waals surface area (Å²) in [5.41, 5.74) is 3.88. The Morgan fingerprint density at radius 2 is 1.94 bits per heavy atom. The fourth-order valence-corrected chi connectivity index (χ4v) is 5.93. The number of rotatable bonds is 5. The molecule has 0 saturated carbocycles. The minimum atomic E-state index is -3.11. The third-order valence-corrected chi connectivity index (χ3v) is 7.61. The van der Waals surface area contributed by atoms with E-state index in [1.807, 2.05) is 55.5 Å². The Kier molecular flexibility index (Phi) is 5.41. The number of carbonyl (C=O) groups is 1. The Hall–Kier alpha value is -3.59. The van der Waals surface area contributed by atoms with Gasteiger partial charge in [-0.05, 0) is 31.5 Å².